The molecule has 2 fully saturated rings. The molecule has 0 spiro atoms. The summed E-state index contributed by atoms with van der Waals surface area (Å²) in [6.07, 6.45) is 4.24. The van der Waals surface area contributed by atoms with Crippen molar-refractivity contribution in [2.24, 2.45) is 0 Å². The molecule has 1 saturated heterocycles. The summed E-state index contributed by atoms with van der Waals surface area (Å²) in [6, 6.07) is 0.104. The fourth-order valence-corrected chi connectivity index (χ4v) is 2.91. The predicted octanol–water partition coefficient (Wildman–Crippen LogP) is 0.986. The summed E-state index contributed by atoms with van der Waals surface area (Å²) in [6.45, 7) is 7.91. The fourth-order valence-electron chi connectivity index (χ4n) is 2.91. The summed E-state index contributed by atoms with van der Waals surface area (Å²) in [7, 11) is 0. The van der Waals surface area contributed by atoms with Crippen molar-refractivity contribution in [1.82, 2.24) is 15.1 Å². The second-order valence-electron chi connectivity index (χ2n) is 5.85. The number of nitrogens with zero attached hydrogens (tertiary/aromatic N) is 2. The zero-order valence-electron chi connectivity index (χ0n) is 12.9. The number of carbonyl (C=O) groups is 2. The number of nitrogens with one attached hydrogen (secondary N) is 1. The van der Waals surface area contributed by atoms with E-state index >= 15 is 0 Å². The SMILES string of the molecule is CCN(CC)C(=O)C(C)N1CCCC(NC2CC2)C1=O. The lowest BCUT2D eigenvalue weighted by atomic mass is 10.0. The Morgan fingerprint density at radius 2 is 2.00 bits per heavy atom. The normalized spacial score (nSPS) is 24.6. The Bertz CT molecular complexity index is 364. The first-order valence-electron chi connectivity index (χ1n) is 7.93. The van der Waals surface area contributed by atoms with Gasteiger partial charge in [0.25, 0.3) is 0 Å². The van der Waals surface area contributed by atoms with Crippen LogP contribution in [0.25, 0.3) is 0 Å². The third-order valence-corrected chi connectivity index (χ3v) is 4.39. The standard InChI is InChI=1S/C15H27N3O2/c1-4-17(5-2)14(19)11(3)18-10-6-7-13(15(18)20)16-12-8-9-12/h11-13,16H,4-10H2,1-3H3. The van der Waals surface area contributed by atoms with E-state index in [4.69, 9.17) is 0 Å². The highest BCUT2D eigenvalue weighted by atomic mass is 16.2. The number of carbonyl (C=O) groups excluding carboxylic acids is 2. The van der Waals surface area contributed by atoms with Crippen LogP contribution in [0.5, 0.6) is 0 Å². The predicted molar refractivity (Wildman–Crippen MR) is 78.3 cm³/mol. The van der Waals surface area contributed by atoms with Crippen LogP contribution in [0.3, 0.4) is 0 Å². The summed E-state index contributed by atoms with van der Waals surface area (Å²) in [5.41, 5.74) is 0. The Morgan fingerprint density at radius 1 is 1.35 bits per heavy atom. The largest absolute Gasteiger partial charge is 0.341 e. The number of likely N-dealkylation sites (tertiary alicyclic amines) is 1. The van der Waals surface area contributed by atoms with Crippen LogP contribution < -0.4 is 5.32 Å². The molecule has 0 bridgehead atoms. The van der Waals surface area contributed by atoms with Gasteiger partial charge in [-0.25, -0.2) is 0 Å². The van der Waals surface area contributed by atoms with Crippen molar-refractivity contribution >= 4 is 11.8 Å². The molecule has 1 aliphatic carbocycles. The van der Waals surface area contributed by atoms with E-state index in [2.05, 4.69) is 5.32 Å². The lowest BCUT2D eigenvalue weighted by Crippen LogP contribution is -2.57. The summed E-state index contributed by atoms with van der Waals surface area (Å²) >= 11 is 0. The van der Waals surface area contributed by atoms with Crippen LogP contribution in [0.2, 0.25) is 0 Å². The molecule has 1 heterocycles. The molecule has 2 aliphatic rings. The topological polar surface area (TPSA) is 52.7 Å². The molecular weight excluding hydrogens is 254 g/mol. The van der Waals surface area contributed by atoms with E-state index in [1.54, 1.807) is 9.80 Å². The molecule has 20 heavy (non-hydrogen) atoms. The molecule has 0 radical (unpaired) electrons. The lowest BCUT2D eigenvalue weighted by molar-refractivity contribution is -0.148. The van der Waals surface area contributed by atoms with Gasteiger partial charge in [-0.1, -0.05) is 0 Å². The third-order valence-electron chi connectivity index (χ3n) is 4.39. The maximum absolute atomic E-state index is 12.5. The molecule has 0 aromatic rings. The van der Waals surface area contributed by atoms with E-state index < -0.39 is 0 Å². The van der Waals surface area contributed by atoms with Gasteiger partial charge in [-0.2, -0.15) is 0 Å². The highest BCUT2D eigenvalue weighted by molar-refractivity contribution is 5.90. The molecule has 2 atom stereocenters. The maximum atomic E-state index is 12.5. The van der Waals surface area contributed by atoms with Crippen LogP contribution in [0.15, 0.2) is 0 Å². The van der Waals surface area contributed by atoms with Gasteiger partial charge in [0, 0.05) is 25.7 Å². The van der Waals surface area contributed by atoms with Gasteiger partial charge in [-0.05, 0) is 46.5 Å². The van der Waals surface area contributed by atoms with Gasteiger partial charge in [-0.3, -0.25) is 9.59 Å². The summed E-state index contributed by atoms with van der Waals surface area (Å²) in [5, 5.41) is 3.41. The average Bonchev–Trinajstić information content (AvgIpc) is 3.25. The van der Waals surface area contributed by atoms with Gasteiger partial charge in [0.05, 0.1) is 6.04 Å². The molecule has 2 rings (SSSR count). The highest BCUT2D eigenvalue weighted by Crippen LogP contribution is 2.23. The van der Waals surface area contributed by atoms with Crippen LogP contribution in [0.1, 0.15) is 46.5 Å². The Hall–Kier alpha value is -1.10. The zero-order valence-corrected chi connectivity index (χ0v) is 12.9. The van der Waals surface area contributed by atoms with Crippen LogP contribution in [0.4, 0.5) is 0 Å². The van der Waals surface area contributed by atoms with Crippen molar-refractivity contribution in [3.05, 3.63) is 0 Å². The van der Waals surface area contributed by atoms with Gasteiger partial charge in [0.15, 0.2) is 0 Å². The van der Waals surface area contributed by atoms with E-state index in [9.17, 15) is 9.59 Å². The van der Waals surface area contributed by atoms with Crippen LogP contribution >= 0.6 is 0 Å². The number of likely N-dealkylation sites (N-methyl/N-ethyl adjacent to an activating group) is 1. The highest BCUT2D eigenvalue weighted by Gasteiger charge is 2.37. The van der Waals surface area contributed by atoms with Crippen molar-refractivity contribution in [2.75, 3.05) is 19.6 Å². The summed E-state index contributed by atoms with van der Waals surface area (Å²) in [4.78, 5) is 28.5. The number of hydrogen-bond donors (Lipinski definition) is 1. The first kappa shape index (κ1) is 15.3. The minimum Gasteiger partial charge on any atom is -0.341 e. The first-order chi connectivity index (χ1) is 9.58. The van der Waals surface area contributed by atoms with E-state index in [0.717, 1.165) is 12.8 Å². The van der Waals surface area contributed by atoms with Crippen molar-refractivity contribution in [3.8, 4) is 0 Å². The van der Waals surface area contributed by atoms with Crippen LogP contribution in [-0.4, -0.2) is 59.4 Å². The number of rotatable bonds is 6. The van der Waals surface area contributed by atoms with E-state index in [1.165, 1.54) is 12.8 Å². The Kier molecular flexibility index (Phi) is 5.02. The minimum atomic E-state index is -0.341. The number of hydrogen-bond acceptors (Lipinski definition) is 3. The van der Waals surface area contributed by atoms with Gasteiger partial charge in [0.1, 0.15) is 6.04 Å². The Morgan fingerprint density at radius 3 is 2.55 bits per heavy atom. The smallest absolute Gasteiger partial charge is 0.245 e. The second kappa shape index (κ2) is 6.57. The van der Waals surface area contributed by atoms with E-state index in [-0.39, 0.29) is 23.9 Å². The van der Waals surface area contributed by atoms with Crippen LogP contribution in [0, 0.1) is 0 Å². The molecule has 2 unspecified atom stereocenters. The van der Waals surface area contributed by atoms with Gasteiger partial charge >= 0.3 is 0 Å². The molecule has 0 aromatic carbocycles. The molecule has 114 valence electrons. The van der Waals surface area contributed by atoms with Gasteiger partial charge in [0.2, 0.25) is 11.8 Å². The van der Waals surface area contributed by atoms with Crippen LogP contribution in [-0.2, 0) is 9.59 Å². The monoisotopic (exact) mass is 281 g/mol. The summed E-state index contributed by atoms with van der Waals surface area (Å²) in [5.74, 6) is 0.173. The molecule has 1 N–H and O–H groups in total. The minimum absolute atomic E-state index is 0.0652. The fraction of sp³-hybridized carbons (Fsp3) is 0.867. The van der Waals surface area contributed by atoms with Gasteiger partial charge < -0.3 is 15.1 Å². The van der Waals surface area contributed by atoms with E-state index in [0.29, 0.717) is 25.7 Å². The maximum Gasteiger partial charge on any atom is 0.245 e. The Labute approximate surface area is 121 Å². The average molecular weight is 281 g/mol. The molecule has 5 heteroatoms. The zero-order chi connectivity index (χ0) is 14.7. The second-order valence-corrected chi connectivity index (χ2v) is 5.85. The quantitative estimate of drug-likeness (QED) is 0.790. The Balaban J connectivity index is 1.98. The van der Waals surface area contributed by atoms with E-state index in [1.807, 2.05) is 20.8 Å². The molecule has 0 aromatic heterocycles. The van der Waals surface area contributed by atoms with Crippen molar-refractivity contribution < 1.29 is 9.59 Å². The first-order valence-corrected chi connectivity index (χ1v) is 7.93. The number of piperidine rings is 1. The third kappa shape index (κ3) is 3.32. The molecular formula is C15H27N3O2. The van der Waals surface area contributed by atoms with Crippen molar-refractivity contribution in [2.45, 2.75) is 64.6 Å². The molecule has 1 saturated carbocycles. The molecule has 1 aliphatic heterocycles. The number of amides is 2. The molecule has 5 nitrogen and oxygen atoms in total. The van der Waals surface area contributed by atoms with Crippen molar-refractivity contribution in [1.29, 1.82) is 0 Å². The molecule has 2 amide bonds. The summed E-state index contributed by atoms with van der Waals surface area (Å²) < 4.78 is 0. The van der Waals surface area contributed by atoms with Crippen molar-refractivity contribution in [3.63, 3.8) is 0 Å². The lowest BCUT2D eigenvalue weighted by Gasteiger charge is -2.37. The van der Waals surface area contributed by atoms with Gasteiger partial charge in [-0.15, -0.1) is 0 Å².